The Bertz CT molecular complexity index is 2690. The van der Waals surface area contributed by atoms with Crippen LogP contribution in [-0.2, 0) is 10.8 Å². The summed E-state index contributed by atoms with van der Waals surface area (Å²) >= 11 is 0. The monoisotopic (exact) mass is 723 g/mol. The van der Waals surface area contributed by atoms with Crippen LogP contribution in [0.15, 0.2) is 180 Å². The minimum Gasteiger partial charge on any atom is -0.457 e. The number of para-hydroxylation sites is 1. The zero-order valence-electron chi connectivity index (χ0n) is 32.4. The molecule has 0 unspecified atom stereocenters. The van der Waals surface area contributed by atoms with Gasteiger partial charge in [-0.05, 0) is 104 Å². The molecule has 0 atom stereocenters. The maximum absolute atomic E-state index is 6.82. The summed E-state index contributed by atoms with van der Waals surface area (Å²) in [5.41, 5.74) is 19.0. The Morgan fingerprint density at radius 3 is 1.96 bits per heavy atom. The van der Waals surface area contributed by atoms with E-state index >= 15 is 0 Å². The summed E-state index contributed by atoms with van der Waals surface area (Å²) < 4.78 is 6.82. The Hall–Kier alpha value is -6.25. The van der Waals surface area contributed by atoms with Gasteiger partial charge in [0.15, 0.2) is 0 Å². The highest BCUT2D eigenvalue weighted by Crippen LogP contribution is 2.62. The van der Waals surface area contributed by atoms with Crippen molar-refractivity contribution in [1.82, 2.24) is 0 Å². The van der Waals surface area contributed by atoms with Gasteiger partial charge in [0.25, 0.3) is 0 Å². The standard InChI is InChI=1S/C54H45NO/c1-5-35(2)39(37-27-30-45-43(33-37)42-21-9-12-22-44(42)53(45,3)4)29-32-50(36-17-7-6-8-18-36)55-38-28-31-49-52(34-38)56-51-26-16-15-25-48(51)54(49)46-23-13-10-19-40(46)41-20-11-14-24-47(41)54/h7,9-31,33-34H,2,5-6,8,32H2,1,3-4H3/b39-29-,55-50+. The second-order valence-electron chi connectivity index (χ2n) is 16.0. The van der Waals surface area contributed by atoms with E-state index in [1.807, 2.05) is 0 Å². The van der Waals surface area contributed by atoms with E-state index in [2.05, 4.69) is 185 Å². The van der Waals surface area contributed by atoms with Gasteiger partial charge in [0.2, 0.25) is 0 Å². The minimum atomic E-state index is -0.485. The first-order chi connectivity index (χ1) is 27.4. The molecular formula is C54H45NO. The van der Waals surface area contributed by atoms with E-state index in [4.69, 9.17) is 9.73 Å². The molecule has 0 fully saturated rings. The van der Waals surface area contributed by atoms with Gasteiger partial charge in [-0.15, -0.1) is 0 Å². The molecule has 0 radical (unpaired) electrons. The van der Waals surface area contributed by atoms with E-state index in [0.717, 1.165) is 53.3 Å². The lowest BCUT2D eigenvalue weighted by Gasteiger charge is -2.39. The fraction of sp³-hybridized carbons (Fsp3) is 0.167. The molecular weight excluding hydrogens is 679 g/mol. The van der Waals surface area contributed by atoms with Crippen LogP contribution >= 0.6 is 0 Å². The molecule has 4 aliphatic rings. The van der Waals surface area contributed by atoms with Crippen LogP contribution in [0.3, 0.4) is 0 Å². The number of ether oxygens (including phenoxy) is 1. The average molecular weight is 724 g/mol. The topological polar surface area (TPSA) is 21.6 Å². The van der Waals surface area contributed by atoms with Crippen molar-refractivity contribution >= 4 is 17.0 Å². The first kappa shape index (κ1) is 34.3. The molecule has 1 aliphatic heterocycles. The SMILES string of the molecule is C=C(CC)/C(=C/C/C(=N\c1ccc2c(c1)Oc1ccccc1C21c2ccccc2-c2ccccc21)C1=CCCC=C1)c1ccc2c(c1)-c1ccccc1C2(C)C. The van der Waals surface area contributed by atoms with Crippen molar-refractivity contribution < 1.29 is 4.74 Å². The fourth-order valence-electron chi connectivity index (χ4n) is 9.87. The first-order valence-corrected chi connectivity index (χ1v) is 20.1. The molecule has 0 bridgehead atoms. The van der Waals surface area contributed by atoms with Crippen LogP contribution in [0, 0.1) is 0 Å². The number of fused-ring (bicyclic) bond motifs is 12. The molecule has 3 aliphatic carbocycles. The van der Waals surface area contributed by atoms with E-state index in [-0.39, 0.29) is 5.41 Å². The number of rotatable bonds is 7. The highest BCUT2D eigenvalue weighted by Gasteiger charge is 2.51. The van der Waals surface area contributed by atoms with Gasteiger partial charge in [0, 0.05) is 29.0 Å². The summed E-state index contributed by atoms with van der Waals surface area (Å²) in [4.78, 5) is 5.45. The summed E-state index contributed by atoms with van der Waals surface area (Å²) in [6.07, 6.45) is 12.8. The molecule has 10 rings (SSSR count). The molecule has 272 valence electrons. The van der Waals surface area contributed by atoms with Gasteiger partial charge in [0.1, 0.15) is 11.5 Å². The third kappa shape index (κ3) is 5.12. The zero-order valence-corrected chi connectivity index (χ0v) is 32.4. The van der Waals surface area contributed by atoms with Gasteiger partial charge in [0.05, 0.1) is 16.8 Å². The lowest BCUT2D eigenvalue weighted by atomic mass is 9.66. The van der Waals surface area contributed by atoms with Crippen LogP contribution in [0.4, 0.5) is 5.69 Å². The summed E-state index contributed by atoms with van der Waals surface area (Å²) in [5, 5.41) is 0. The minimum absolute atomic E-state index is 0.0272. The molecule has 2 nitrogen and oxygen atoms in total. The fourth-order valence-corrected chi connectivity index (χ4v) is 9.87. The Labute approximate surface area is 331 Å². The van der Waals surface area contributed by atoms with Gasteiger partial charge in [-0.25, -0.2) is 0 Å². The lowest BCUT2D eigenvalue weighted by molar-refractivity contribution is 0.436. The molecule has 1 spiro atoms. The predicted molar refractivity (Wildman–Crippen MR) is 233 cm³/mol. The smallest absolute Gasteiger partial charge is 0.134 e. The quantitative estimate of drug-likeness (QED) is 0.118. The molecule has 0 saturated heterocycles. The third-order valence-electron chi connectivity index (χ3n) is 12.6. The maximum Gasteiger partial charge on any atom is 0.134 e. The number of aliphatic imine (C=N–C) groups is 1. The lowest BCUT2D eigenvalue weighted by Crippen LogP contribution is -2.32. The molecule has 56 heavy (non-hydrogen) atoms. The van der Waals surface area contributed by atoms with Crippen molar-refractivity contribution in [3.8, 4) is 33.8 Å². The van der Waals surface area contributed by atoms with Crippen LogP contribution in [0.25, 0.3) is 27.8 Å². The van der Waals surface area contributed by atoms with Crippen molar-refractivity contribution in [3.63, 3.8) is 0 Å². The van der Waals surface area contributed by atoms with Gasteiger partial charge in [-0.3, -0.25) is 4.99 Å². The van der Waals surface area contributed by atoms with Crippen molar-refractivity contribution in [1.29, 1.82) is 0 Å². The average Bonchev–Trinajstić information content (AvgIpc) is 3.66. The molecule has 0 amide bonds. The van der Waals surface area contributed by atoms with Crippen molar-refractivity contribution in [2.45, 2.75) is 57.3 Å². The van der Waals surface area contributed by atoms with Crippen LogP contribution < -0.4 is 4.74 Å². The van der Waals surface area contributed by atoms with Crippen LogP contribution in [0.2, 0.25) is 0 Å². The highest BCUT2D eigenvalue weighted by molar-refractivity contribution is 6.06. The highest BCUT2D eigenvalue weighted by atomic mass is 16.5. The van der Waals surface area contributed by atoms with Crippen LogP contribution in [0.5, 0.6) is 11.5 Å². The Kier molecular flexibility index (Phi) is 8.08. The van der Waals surface area contributed by atoms with Crippen LogP contribution in [-0.4, -0.2) is 5.71 Å². The van der Waals surface area contributed by atoms with Gasteiger partial charge < -0.3 is 4.74 Å². The van der Waals surface area contributed by atoms with Gasteiger partial charge >= 0.3 is 0 Å². The van der Waals surface area contributed by atoms with Crippen molar-refractivity contribution in [3.05, 3.63) is 214 Å². The Morgan fingerprint density at radius 1 is 0.661 bits per heavy atom. The summed E-state index contributed by atoms with van der Waals surface area (Å²) in [6.45, 7) is 11.4. The predicted octanol–water partition coefficient (Wildman–Crippen LogP) is 14.3. The molecule has 6 aromatic carbocycles. The summed E-state index contributed by atoms with van der Waals surface area (Å²) in [5.74, 6) is 1.73. The first-order valence-electron chi connectivity index (χ1n) is 20.1. The number of hydrogen-bond acceptors (Lipinski definition) is 2. The Morgan fingerprint density at radius 2 is 1.27 bits per heavy atom. The molecule has 1 heterocycles. The summed E-state index contributed by atoms with van der Waals surface area (Å²) in [7, 11) is 0. The third-order valence-corrected chi connectivity index (χ3v) is 12.6. The molecule has 2 heteroatoms. The zero-order chi connectivity index (χ0) is 38.0. The molecule has 0 N–H and O–H groups in total. The van der Waals surface area contributed by atoms with E-state index < -0.39 is 5.41 Å². The number of nitrogens with zero attached hydrogens (tertiary/aromatic N) is 1. The molecule has 0 saturated carbocycles. The van der Waals surface area contributed by atoms with Crippen LogP contribution in [0.1, 0.15) is 85.4 Å². The van der Waals surface area contributed by atoms with E-state index in [1.54, 1.807) is 0 Å². The van der Waals surface area contributed by atoms with Crippen molar-refractivity contribution in [2.24, 2.45) is 4.99 Å². The normalized spacial score (nSPS) is 16.5. The number of allylic oxidation sites excluding steroid dienone is 7. The van der Waals surface area contributed by atoms with Gasteiger partial charge in [-0.2, -0.15) is 0 Å². The second-order valence-corrected chi connectivity index (χ2v) is 16.0. The van der Waals surface area contributed by atoms with E-state index in [9.17, 15) is 0 Å². The largest absolute Gasteiger partial charge is 0.457 e. The van der Waals surface area contributed by atoms with E-state index in [0.29, 0.717) is 6.42 Å². The van der Waals surface area contributed by atoms with E-state index in [1.165, 1.54) is 66.8 Å². The molecule has 6 aromatic rings. The number of benzene rings is 6. The molecule has 0 aromatic heterocycles. The van der Waals surface area contributed by atoms with Crippen molar-refractivity contribution in [2.75, 3.05) is 0 Å². The number of hydrogen-bond donors (Lipinski definition) is 0. The van der Waals surface area contributed by atoms with Gasteiger partial charge in [-0.1, -0.05) is 161 Å². The summed E-state index contributed by atoms with van der Waals surface area (Å²) in [6, 6.07) is 48.7. The second kappa shape index (κ2) is 13.2. The maximum atomic E-state index is 6.82. The Balaban J connectivity index is 1.08.